The lowest BCUT2D eigenvalue weighted by molar-refractivity contribution is 0.475. The number of benzene rings is 1. The number of nitriles is 1. The highest BCUT2D eigenvalue weighted by Gasteiger charge is 2.29. The second-order valence-electron chi connectivity index (χ2n) is 5.73. The molecule has 2 aromatic rings. The fraction of sp³-hybridized carbons (Fsp3) is 0.400. The number of nitrogens with zero attached hydrogens (tertiary/aromatic N) is 1. The van der Waals surface area contributed by atoms with Gasteiger partial charge in [-0.25, -0.2) is 0 Å². The Labute approximate surface area is 122 Å². The Balaban J connectivity index is 2.23. The van der Waals surface area contributed by atoms with Crippen LogP contribution in [-0.2, 0) is 11.4 Å². The molecule has 1 aromatic heterocycles. The fourth-order valence-electron chi connectivity index (χ4n) is 1.74. The Morgan fingerprint density at radius 1 is 1.35 bits per heavy atom. The molecule has 1 heterocycles. The van der Waals surface area contributed by atoms with Crippen LogP contribution in [0.15, 0.2) is 28.7 Å². The van der Waals surface area contributed by atoms with E-state index in [4.69, 9.17) is 9.68 Å². The molecule has 1 N–H and O–H groups in total. The molecule has 0 aliphatic carbocycles. The molecule has 0 aliphatic heterocycles. The van der Waals surface area contributed by atoms with Crippen LogP contribution in [0.25, 0.3) is 11.0 Å². The number of hydrogen-bond acceptors (Lipinski definition) is 4. The van der Waals surface area contributed by atoms with Crippen molar-refractivity contribution in [3.63, 3.8) is 0 Å². The highest BCUT2D eigenvalue weighted by atomic mass is 32.2. The maximum Gasteiger partial charge on any atom is 0.136 e. The second kappa shape index (κ2) is 5.49. The van der Waals surface area contributed by atoms with Crippen LogP contribution in [0.5, 0.6) is 0 Å². The molecule has 1 unspecified atom stereocenters. The molecule has 106 valence electrons. The molecule has 2 atom stereocenters. The van der Waals surface area contributed by atoms with Crippen molar-refractivity contribution in [2.24, 2.45) is 0 Å². The van der Waals surface area contributed by atoms with Gasteiger partial charge >= 0.3 is 0 Å². The summed E-state index contributed by atoms with van der Waals surface area (Å²) in [5.74, 6) is 0.715. The van der Waals surface area contributed by atoms with Crippen molar-refractivity contribution in [3.05, 3.63) is 35.6 Å². The summed E-state index contributed by atoms with van der Waals surface area (Å²) < 4.78 is 20.5. The van der Waals surface area contributed by atoms with E-state index in [1.165, 1.54) is 0 Å². The van der Waals surface area contributed by atoms with Crippen LogP contribution in [0.4, 0.5) is 0 Å². The lowest BCUT2D eigenvalue weighted by atomic mass is 10.1. The van der Waals surface area contributed by atoms with Gasteiger partial charge in [0.2, 0.25) is 0 Å². The van der Waals surface area contributed by atoms with Crippen LogP contribution in [0, 0.1) is 11.3 Å². The van der Waals surface area contributed by atoms with Crippen molar-refractivity contribution in [2.45, 2.75) is 38.5 Å². The standard InChI is InChI=1S/C15H18N2O2S/c1-10(17-20(18)15(2,3)4)14-8-12-7-11(9-16)5-6-13(12)19-14/h5-8,10,17H,1-4H3/t10-,20?/m1/s1. The molecule has 0 aliphatic rings. The number of fused-ring (bicyclic) bond motifs is 1. The number of hydrogen-bond donors (Lipinski definition) is 1. The van der Waals surface area contributed by atoms with E-state index < -0.39 is 11.4 Å². The first-order chi connectivity index (χ1) is 9.31. The summed E-state index contributed by atoms with van der Waals surface area (Å²) in [6.45, 7) is 7.66. The second-order valence-corrected chi connectivity index (χ2v) is 7.73. The van der Waals surface area contributed by atoms with Gasteiger partial charge in [-0.3, -0.25) is 0 Å². The zero-order valence-corrected chi connectivity index (χ0v) is 12.9. The lowest BCUT2D eigenvalue weighted by Crippen LogP contribution is -2.40. The number of rotatable bonds is 3. The molecule has 4 nitrogen and oxygen atoms in total. The predicted octanol–water partition coefficient (Wildman–Crippen LogP) is 3.42. The van der Waals surface area contributed by atoms with Crippen LogP contribution >= 0.6 is 0 Å². The van der Waals surface area contributed by atoms with E-state index in [1.807, 2.05) is 33.8 Å². The summed E-state index contributed by atoms with van der Waals surface area (Å²) in [6.07, 6.45) is 0. The van der Waals surface area contributed by atoms with Gasteiger partial charge in [-0.05, 0) is 52.0 Å². The molecular formula is C15H18N2O2S. The number of furan rings is 1. The SMILES string of the molecule is C[C@@H](N[S+]([O-])C(C)(C)C)c1cc2cc(C#N)ccc2o1. The third kappa shape index (κ3) is 3.15. The summed E-state index contributed by atoms with van der Waals surface area (Å²) in [4.78, 5) is 0. The average molecular weight is 290 g/mol. The Morgan fingerprint density at radius 2 is 2.05 bits per heavy atom. The van der Waals surface area contributed by atoms with E-state index in [0.717, 1.165) is 11.0 Å². The van der Waals surface area contributed by atoms with Crippen LogP contribution in [0.3, 0.4) is 0 Å². The third-order valence-corrected chi connectivity index (χ3v) is 4.61. The van der Waals surface area contributed by atoms with Crippen molar-refractivity contribution in [1.29, 1.82) is 5.26 Å². The van der Waals surface area contributed by atoms with E-state index in [-0.39, 0.29) is 10.8 Å². The third-order valence-electron chi connectivity index (χ3n) is 2.93. The van der Waals surface area contributed by atoms with Crippen LogP contribution in [0.1, 0.15) is 45.1 Å². The van der Waals surface area contributed by atoms with Gasteiger partial charge in [0.1, 0.15) is 22.1 Å². The van der Waals surface area contributed by atoms with Gasteiger partial charge in [0.25, 0.3) is 0 Å². The summed E-state index contributed by atoms with van der Waals surface area (Å²) >= 11 is -1.16. The summed E-state index contributed by atoms with van der Waals surface area (Å²) in [6, 6.07) is 9.12. The molecule has 0 spiro atoms. The Kier molecular flexibility index (Phi) is 4.09. The first-order valence-corrected chi connectivity index (χ1v) is 7.58. The molecule has 0 fully saturated rings. The monoisotopic (exact) mass is 290 g/mol. The first kappa shape index (κ1) is 14.9. The zero-order chi connectivity index (χ0) is 14.9. The van der Waals surface area contributed by atoms with Gasteiger partial charge < -0.3 is 8.97 Å². The highest BCUT2D eigenvalue weighted by molar-refractivity contribution is 7.90. The molecule has 0 saturated heterocycles. The largest absolute Gasteiger partial charge is 0.598 e. The first-order valence-electron chi connectivity index (χ1n) is 6.43. The molecule has 0 saturated carbocycles. The molecule has 5 heteroatoms. The Morgan fingerprint density at radius 3 is 2.65 bits per heavy atom. The minimum absolute atomic E-state index is 0.159. The van der Waals surface area contributed by atoms with E-state index in [0.29, 0.717) is 11.3 Å². The minimum Gasteiger partial charge on any atom is -0.598 e. The minimum atomic E-state index is -1.16. The van der Waals surface area contributed by atoms with Gasteiger partial charge in [-0.15, -0.1) is 4.72 Å². The van der Waals surface area contributed by atoms with Crippen LogP contribution in [-0.4, -0.2) is 9.30 Å². The summed E-state index contributed by atoms with van der Waals surface area (Å²) in [5.41, 5.74) is 1.33. The maximum absolute atomic E-state index is 12.1. The molecule has 20 heavy (non-hydrogen) atoms. The highest BCUT2D eigenvalue weighted by Crippen LogP contribution is 2.26. The average Bonchev–Trinajstić information content (AvgIpc) is 2.80. The van der Waals surface area contributed by atoms with Crippen molar-refractivity contribution in [1.82, 2.24) is 4.72 Å². The van der Waals surface area contributed by atoms with Gasteiger partial charge in [0, 0.05) is 16.7 Å². The van der Waals surface area contributed by atoms with Crippen LogP contribution < -0.4 is 4.72 Å². The van der Waals surface area contributed by atoms with Crippen molar-refractivity contribution < 1.29 is 8.97 Å². The quantitative estimate of drug-likeness (QED) is 0.879. The van der Waals surface area contributed by atoms with E-state index in [2.05, 4.69) is 10.8 Å². The Hall–Kier alpha value is -1.48. The van der Waals surface area contributed by atoms with Crippen molar-refractivity contribution >= 4 is 22.3 Å². The molecule has 0 amide bonds. The van der Waals surface area contributed by atoms with Gasteiger partial charge in [0.15, 0.2) is 0 Å². The topological polar surface area (TPSA) is 72.0 Å². The zero-order valence-electron chi connectivity index (χ0n) is 12.1. The summed E-state index contributed by atoms with van der Waals surface area (Å²) in [7, 11) is 0. The molecule has 0 radical (unpaired) electrons. The van der Waals surface area contributed by atoms with Gasteiger partial charge in [-0.1, -0.05) is 0 Å². The van der Waals surface area contributed by atoms with E-state index in [1.54, 1.807) is 18.2 Å². The van der Waals surface area contributed by atoms with Crippen molar-refractivity contribution in [3.8, 4) is 6.07 Å². The maximum atomic E-state index is 12.1. The molecule has 2 rings (SSSR count). The van der Waals surface area contributed by atoms with E-state index in [9.17, 15) is 4.55 Å². The summed E-state index contributed by atoms with van der Waals surface area (Å²) in [5, 5.41) is 9.77. The van der Waals surface area contributed by atoms with Crippen LogP contribution in [0.2, 0.25) is 0 Å². The normalized spacial score (nSPS) is 15.0. The van der Waals surface area contributed by atoms with Crippen molar-refractivity contribution in [2.75, 3.05) is 0 Å². The molecular weight excluding hydrogens is 272 g/mol. The van der Waals surface area contributed by atoms with E-state index >= 15 is 0 Å². The van der Waals surface area contributed by atoms with Gasteiger partial charge in [-0.2, -0.15) is 5.26 Å². The Bertz CT molecular complexity index is 652. The predicted molar refractivity (Wildman–Crippen MR) is 80.4 cm³/mol. The lowest BCUT2D eigenvalue weighted by Gasteiger charge is -2.25. The fourth-order valence-corrected chi connectivity index (χ4v) is 2.53. The molecule has 0 bridgehead atoms. The molecule has 1 aromatic carbocycles. The smallest absolute Gasteiger partial charge is 0.136 e. The number of nitrogens with one attached hydrogen (secondary N) is 1. The van der Waals surface area contributed by atoms with Gasteiger partial charge in [0.05, 0.1) is 11.6 Å².